The number of carbonyl (C=O) groups excluding carboxylic acids is 4. The van der Waals surface area contributed by atoms with Crippen molar-refractivity contribution in [2.75, 3.05) is 59.3 Å². The maximum absolute atomic E-state index is 13.5. The topological polar surface area (TPSA) is 163 Å². The normalized spacial score (nSPS) is 11.8. The summed E-state index contributed by atoms with van der Waals surface area (Å²) < 4.78 is 31.6. The molecule has 15 heteroatoms. The van der Waals surface area contributed by atoms with Crippen LogP contribution in [0.3, 0.4) is 0 Å². The van der Waals surface area contributed by atoms with Crippen LogP contribution < -0.4 is 39.1 Å². The lowest BCUT2D eigenvalue weighted by molar-refractivity contribution is 0.0751. The van der Waals surface area contributed by atoms with E-state index in [-0.39, 0.29) is 17.7 Å². The fourth-order valence-electron chi connectivity index (χ4n) is 6.04. The van der Waals surface area contributed by atoms with Crippen molar-refractivity contribution in [1.82, 2.24) is 5.01 Å². The average molecular weight is 837 g/mol. The summed E-state index contributed by atoms with van der Waals surface area (Å²) in [6.45, 7) is 2.87. The molecule has 2 N–H and O–H groups in total. The number of anilines is 2. The SMILES string of the molecule is CCOc1cc(C2=NN(C(=O)c3cccc(NC(=O)c4ccc(NC(=O)c5ccc(OC)c(OC)c5)cc4)c3)CCC2)ccc1OC.COc1ccc(C(=O)Cl)cc1OC. The number of methoxy groups -OCH3 is 5. The molecule has 0 unspecified atom stereocenters. The number of hydrazone groups is 1. The Morgan fingerprint density at radius 3 is 1.77 bits per heavy atom. The van der Waals surface area contributed by atoms with Crippen molar-refractivity contribution in [3.63, 3.8) is 0 Å². The minimum absolute atomic E-state index is 0.272. The fraction of sp³-hybridized carbons (Fsp3) is 0.222. The van der Waals surface area contributed by atoms with Crippen LogP contribution in [0.25, 0.3) is 0 Å². The van der Waals surface area contributed by atoms with Gasteiger partial charge in [-0.1, -0.05) is 6.07 Å². The molecule has 14 nitrogen and oxygen atoms in total. The molecule has 1 aliphatic rings. The van der Waals surface area contributed by atoms with Gasteiger partial charge in [-0.3, -0.25) is 19.2 Å². The van der Waals surface area contributed by atoms with Gasteiger partial charge in [-0.15, -0.1) is 0 Å². The van der Waals surface area contributed by atoms with E-state index in [4.69, 9.17) is 40.0 Å². The molecule has 60 heavy (non-hydrogen) atoms. The maximum atomic E-state index is 13.5. The summed E-state index contributed by atoms with van der Waals surface area (Å²) in [7, 11) is 7.64. The highest BCUT2D eigenvalue weighted by atomic mass is 35.5. The first-order valence-corrected chi connectivity index (χ1v) is 19.1. The van der Waals surface area contributed by atoms with Gasteiger partial charge in [0.25, 0.3) is 23.0 Å². The molecule has 312 valence electrons. The third-order valence-electron chi connectivity index (χ3n) is 9.08. The Kier molecular flexibility index (Phi) is 15.5. The Balaban J connectivity index is 0.000000448. The lowest BCUT2D eigenvalue weighted by Crippen LogP contribution is -2.32. The van der Waals surface area contributed by atoms with Gasteiger partial charge in [0.1, 0.15) is 0 Å². The van der Waals surface area contributed by atoms with Crippen LogP contribution in [0.5, 0.6) is 34.5 Å². The van der Waals surface area contributed by atoms with E-state index in [0.29, 0.717) is 81.3 Å². The van der Waals surface area contributed by atoms with Crippen LogP contribution in [0.2, 0.25) is 0 Å². The van der Waals surface area contributed by atoms with E-state index < -0.39 is 5.24 Å². The van der Waals surface area contributed by atoms with E-state index in [0.717, 1.165) is 24.1 Å². The van der Waals surface area contributed by atoms with Gasteiger partial charge in [0.15, 0.2) is 34.5 Å². The van der Waals surface area contributed by atoms with Crippen molar-refractivity contribution < 1.29 is 47.6 Å². The smallest absolute Gasteiger partial charge is 0.274 e. The third-order valence-corrected chi connectivity index (χ3v) is 9.30. The third kappa shape index (κ3) is 11.1. The molecule has 6 rings (SSSR count). The maximum Gasteiger partial charge on any atom is 0.274 e. The van der Waals surface area contributed by atoms with Crippen molar-refractivity contribution in [2.45, 2.75) is 19.8 Å². The van der Waals surface area contributed by atoms with E-state index in [1.807, 2.05) is 25.1 Å². The molecule has 5 aromatic rings. The standard InChI is InChI=1S/C36H36N4O7.C9H9ClO3/c1-5-47-33-21-24(13-17-31(33)45-3)29-10-7-19-40(39-29)36(43)26-8-6-9-28(20-26)38-34(41)23-11-15-27(16-12-23)37-35(42)25-14-18-30(44-2)32(22-25)46-4;1-12-7-4-3-6(9(10)11)5-8(7)13-2/h6,8-9,11-18,20-22H,5,7,10,19H2,1-4H3,(H,37,42)(H,38,41);3-5H,1-2H3. The van der Waals surface area contributed by atoms with E-state index >= 15 is 0 Å². The number of rotatable bonds is 14. The number of benzene rings is 5. The summed E-state index contributed by atoms with van der Waals surface area (Å²) in [5, 5.41) is 11.3. The molecule has 0 aliphatic carbocycles. The van der Waals surface area contributed by atoms with Crippen molar-refractivity contribution >= 4 is 51.7 Å². The van der Waals surface area contributed by atoms with Crippen molar-refractivity contribution in [1.29, 1.82) is 0 Å². The molecular formula is C45H45ClN4O10. The number of hydrogen-bond acceptors (Lipinski definition) is 11. The van der Waals surface area contributed by atoms with Crippen molar-refractivity contribution in [2.24, 2.45) is 5.10 Å². The molecule has 1 heterocycles. The van der Waals surface area contributed by atoms with Crippen LogP contribution in [-0.4, -0.2) is 82.4 Å². The number of nitrogens with zero attached hydrogens (tertiary/aromatic N) is 2. The van der Waals surface area contributed by atoms with Gasteiger partial charge in [0.05, 0.1) is 47.9 Å². The zero-order valence-corrected chi connectivity index (χ0v) is 34.8. The molecule has 0 fully saturated rings. The van der Waals surface area contributed by atoms with Crippen LogP contribution >= 0.6 is 11.6 Å². The summed E-state index contributed by atoms with van der Waals surface area (Å²) in [5.74, 6) is 2.30. The number of halogens is 1. The minimum Gasteiger partial charge on any atom is -0.493 e. The van der Waals surface area contributed by atoms with Crippen LogP contribution in [0.15, 0.2) is 108 Å². The average Bonchev–Trinajstić information content (AvgIpc) is 3.28. The number of ether oxygens (including phenoxy) is 6. The number of hydrogen-bond donors (Lipinski definition) is 2. The molecule has 0 saturated heterocycles. The van der Waals surface area contributed by atoms with Gasteiger partial charge < -0.3 is 39.1 Å². The first-order valence-electron chi connectivity index (χ1n) is 18.7. The lowest BCUT2D eigenvalue weighted by atomic mass is 10.0. The lowest BCUT2D eigenvalue weighted by Gasteiger charge is -2.24. The van der Waals surface area contributed by atoms with E-state index in [2.05, 4.69) is 15.7 Å². The zero-order chi connectivity index (χ0) is 43.2. The van der Waals surface area contributed by atoms with Crippen LogP contribution in [0.4, 0.5) is 11.4 Å². The molecule has 1 aliphatic heterocycles. The summed E-state index contributed by atoms with van der Waals surface area (Å²) in [6, 6.07) is 28.5. The summed E-state index contributed by atoms with van der Waals surface area (Å²) in [4.78, 5) is 50.0. The van der Waals surface area contributed by atoms with Crippen molar-refractivity contribution in [3.05, 3.63) is 131 Å². The summed E-state index contributed by atoms with van der Waals surface area (Å²) in [6.07, 6.45) is 1.47. The predicted octanol–water partition coefficient (Wildman–Crippen LogP) is 8.34. The second kappa shape index (κ2) is 21.1. The molecule has 0 atom stereocenters. The molecule has 0 radical (unpaired) electrons. The quantitative estimate of drug-likeness (QED) is 0.104. The fourth-order valence-corrected chi connectivity index (χ4v) is 6.16. The summed E-state index contributed by atoms with van der Waals surface area (Å²) in [5.41, 5.74) is 4.16. The van der Waals surface area contributed by atoms with Gasteiger partial charge in [-0.2, -0.15) is 5.10 Å². The highest BCUT2D eigenvalue weighted by molar-refractivity contribution is 6.67. The molecule has 0 saturated carbocycles. The van der Waals surface area contributed by atoms with Gasteiger partial charge in [0, 0.05) is 45.7 Å². The minimum atomic E-state index is -0.513. The molecule has 0 bridgehead atoms. The highest BCUT2D eigenvalue weighted by Crippen LogP contribution is 2.31. The van der Waals surface area contributed by atoms with Gasteiger partial charge in [-0.25, -0.2) is 5.01 Å². The number of amides is 3. The van der Waals surface area contributed by atoms with E-state index in [1.54, 1.807) is 86.0 Å². The summed E-state index contributed by atoms with van der Waals surface area (Å²) >= 11 is 5.29. The largest absolute Gasteiger partial charge is 0.493 e. The Morgan fingerprint density at radius 2 is 1.15 bits per heavy atom. The van der Waals surface area contributed by atoms with E-state index in [9.17, 15) is 19.2 Å². The highest BCUT2D eigenvalue weighted by Gasteiger charge is 2.22. The van der Waals surface area contributed by atoms with Gasteiger partial charge >= 0.3 is 0 Å². The number of nitrogens with one attached hydrogen (secondary N) is 2. The molecule has 0 aromatic heterocycles. The predicted molar refractivity (Wildman–Crippen MR) is 229 cm³/mol. The Morgan fingerprint density at radius 1 is 0.600 bits per heavy atom. The van der Waals surface area contributed by atoms with Crippen LogP contribution in [0, 0.1) is 0 Å². The van der Waals surface area contributed by atoms with Crippen LogP contribution in [0.1, 0.15) is 66.8 Å². The molecule has 5 aromatic carbocycles. The second-order valence-electron chi connectivity index (χ2n) is 12.9. The van der Waals surface area contributed by atoms with Crippen LogP contribution in [-0.2, 0) is 0 Å². The van der Waals surface area contributed by atoms with Gasteiger partial charge in [0.2, 0.25) is 0 Å². The molecular weight excluding hydrogens is 792 g/mol. The first-order chi connectivity index (χ1) is 29.0. The Labute approximate surface area is 352 Å². The molecule has 0 spiro atoms. The second-order valence-corrected chi connectivity index (χ2v) is 13.2. The first kappa shape index (κ1) is 44.1. The van der Waals surface area contributed by atoms with Gasteiger partial charge in [-0.05, 0) is 128 Å². The molecule has 3 amide bonds. The zero-order valence-electron chi connectivity index (χ0n) is 34.0. The van der Waals surface area contributed by atoms with E-state index in [1.165, 1.54) is 39.5 Å². The Bertz CT molecular complexity index is 2370. The van der Waals surface area contributed by atoms with Crippen molar-refractivity contribution in [3.8, 4) is 34.5 Å². The number of carbonyl (C=O) groups is 4. The monoisotopic (exact) mass is 836 g/mol. The Hall–Kier alpha value is -7.06.